The van der Waals surface area contributed by atoms with Gasteiger partial charge in [0.15, 0.2) is 0 Å². The third kappa shape index (κ3) is 1.39. The second kappa shape index (κ2) is 4.34. The molecule has 0 heterocycles. The predicted octanol–water partition coefficient (Wildman–Crippen LogP) is 5.97. The van der Waals surface area contributed by atoms with E-state index in [4.69, 9.17) is 0 Å². The van der Waals surface area contributed by atoms with Crippen molar-refractivity contribution in [3.63, 3.8) is 0 Å². The molecule has 123 valence electrons. The zero-order valence-corrected chi connectivity index (χ0v) is 15.1. The van der Waals surface area contributed by atoms with Gasteiger partial charge < -0.3 is 0 Å². The summed E-state index contributed by atoms with van der Waals surface area (Å²) in [4.78, 5) is 0. The van der Waals surface area contributed by atoms with Gasteiger partial charge in [0, 0.05) is 0 Å². The quantitative estimate of drug-likeness (QED) is 0.517. The first kappa shape index (κ1) is 14.4. The number of rotatable bonds is 0. The van der Waals surface area contributed by atoms with Crippen molar-refractivity contribution in [3.8, 4) is 0 Å². The van der Waals surface area contributed by atoms with Crippen LogP contribution in [-0.2, 0) is 0 Å². The van der Waals surface area contributed by atoms with Crippen molar-refractivity contribution in [2.75, 3.05) is 0 Å². The van der Waals surface area contributed by atoms with Crippen LogP contribution in [0.25, 0.3) is 0 Å². The Labute approximate surface area is 137 Å². The maximum Gasteiger partial charge on any atom is -0.0173 e. The lowest BCUT2D eigenvalue weighted by Gasteiger charge is -2.58. The topological polar surface area (TPSA) is 0 Å². The van der Waals surface area contributed by atoms with Crippen molar-refractivity contribution < 1.29 is 0 Å². The summed E-state index contributed by atoms with van der Waals surface area (Å²) in [5.74, 6) is 8.10. The van der Waals surface area contributed by atoms with E-state index in [9.17, 15) is 0 Å². The summed E-state index contributed by atoms with van der Waals surface area (Å²) >= 11 is 0. The highest BCUT2D eigenvalue weighted by Crippen LogP contribution is 2.86. The first-order valence-electron chi connectivity index (χ1n) is 10.4. The van der Waals surface area contributed by atoms with E-state index < -0.39 is 0 Å². The highest BCUT2D eigenvalue weighted by Gasteiger charge is 2.79. The third-order valence-corrected chi connectivity index (χ3v) is 10.4. The third-order valence-electron chi connectivity index (χ3n) is 10.4. The predicted molar refractivity (Wildman–Crippen MR) is 92.1 cm³/mol. The molecule has 0 aromatic carbocycles. The zero-order chi connectivity index (χ0) is 15.3. The molecule has 2 spiro atoms. The molecule has 0 saturated heterocycles. The molecule has 5 fully saturated rings. The van der Waals surface area contributed by atoms with Crippen LogP contribution in [0.3, 0.4) is 0 Å². The van der Waals surface area contributed by atoms with Gasteiger partial charge in [-0.25, -0.2) is 0 Å². The Morgan fingerprint density at radius 1 is 0.818 bits per heavy atom. The van der Waals surface area contributed by atoms with Crippen LogP contribution in [0.2, 0.25) is 0 Å². The van der Waals surface area contributed by atoms with Crippen LogP contribution in [0.5, 0.6) is 0 Å². The molecule has 10 atom stereocenters. The highest BCUT2D eigenvalue weighted by atomic mass is 14.8. The Hall–Kier alpha value is 0. The van der Waals surface area contributed by atoms with E-state index in [1.807, 2.05) is 0 Å². The van der Waals surface area contributed by atoms with Crippen LogP contribution in [0.15, 0.2) is 0 Å². The molecular weight excluding hydrogens is 264 g/mol. The molecule has 0 aromatic rings. The molecule has 22 heavy (non-hydrogen) atoms. The minimum absolute atomic E-state index is 0.773. The van der Waals surface area contributed by atoms with Crippen LogP contribution in [0.4, 0.5) is 0 Å². The van der Waals surface area contributed by atoms with Gasteiger partial charge in [-0.15, -0.1) is 0 Å². The van der Waals surface area contributed by atoms with Crippen molar-refractivity contribution in [2.45, 2.75) is 72.6 Å². The normalized spacial score (nSPS) is 66.0. The second-order valence-corrected chi connectivity index (χ2v) is 10.2. The molecule has 5 aliphatic carbocycles. The van der Waals surface area contributed by atoms with Crippen molar-refractivity contribution in [2.24, 2.45) is 58.2 Å². The largest absolute Gasteiger partial charge is 0.0620 e. The molecule has 0 nitrogen and oxygen atoms in total. The van der Waals surface area contributed by atoms with E-state index in [0.29, 0.717) is 0 Å². The van der Waals surface area contributed by atoms with Crippen molar-refractivity contribution in [1.29, 1.82) is 0 Å². The molecule has 0 aromatic heterocycles. The second-order valence-electron chi connectivity index (χ2n) is 10.2. The van der Waals surface area contributed by atoms with Gasteiger partial charge in [0.25, 0.3) is 0 Å². The van der Waals surface area contributed by atoms with E-state index in [1.54, 1.807) is 32.1 Å². The van der Waals surface area contributed by atoms with Crippen LogP contribution < -0.4 is 0 Å². The Bertz CT molecular complexity index is 480. The van der Waals surface area contributed by atoms with Crippen LogP contribution in [0, 0.1) is 64.6 Å². The maximum atomic E-state index is 2.70. The fraction of sp³-hybridized carbons (Fsp3) is 0.955. The fourth-order valence-electron chi connectivity index (χ4n) is 9.08. The van der Waals surface area contributed by atoms with E-state index >= 15 is 0 Å². The molecule has 0 aliphatic heterocycles. The fourth-order valence-corrected chi connectivity index (χ4v) is 9.08. The summed E-state index contributed by atoms with van der Waals surface area (Å²) in [5, 5.41) is 0. The lowest BCUT2D eigenvalue weighted by Crippen LogP contribution is -2.52. The summed E-state index contributed by atoms with van der Waals surface area (Å²) in [6.45, 7) is 10.4. The molecule has 5 rings (SSSR count). The van der Waals surface area contributed by atoms with Crippen LogP contribution in [-0.4, -0.2) is 0 Å². The number of hydrogen-bond acceptors (Lipinski definition) is 0. The number of hydrogen-bond donors (Lipinski definition) is 0. The minimum Gasteiger partial charge on any atom is -0.0620 e. The minimum atomic E-state index is 0.773. The van der Waals surface area contributed by atoms with Gasteiger partial charge in [0.05, 0.1) is 0 Å². The first-order chi connectivity index (χ1) is 10.5. The Kier molecular flexibility index (Phi) is 2.83. The molecule has 5 aliphatic rings. The Balaban J connectivity index is 1.55. The van der Waals surface area contributed by atoms with Gasteiger partial charge in [0.2, 0.25) is 0 Å². The summed E-state index contributed by atoms with van der Waals surface area (Å²) in [6.07, 6.45) is 13.6. The summed E-state index contributed by atoms with van der Waals surface area (Å²) in [7, 11) is 0. The molecule has 0 N–H and O–H groups in total. The molecule has 5 saturated carbocycles. The monoisotopic (exact) mass is 299 g/mol. The summed E-state index contributed by atoms with van der Waals surface area (Å²) in [6, 6.07) is 0. The smallest absolute Gasteiger partial charge is 0.0173 e. The first-order valence-corrected chi connectivity index (χ1v) is 10.4. The zero-order valence-electron chi connectivity index (χ0n) is 15.1. The SMILES string of the molecule is CC1C(C)C(C)C23CC24CCC2[CH]CCC2C4CCC3C1C. The van der Waals surface area contributed by atoms with E-state index in [1.165, 1.54) is 12.8 Å². The van der Waals surface area contributed by atoms with Crippen molar-refractivity contribution >= 4 is 0 Å². The van der Waals surface area contributed by atoms with Crippen LogP contribution in [0.1, 0.15) is 72.6 Å². The van der Waals surface area contributed by atoms with Crippen molar-refractivity contribution in [1.82, 2.24) is 0 Å². The average Bonchev–Trinajstić information content (AvgIpc) is 2.97. The molecule has 1 radical (unpaired) electrons. The Morgan fingerprint density at radius 2 is 1.59 bits per heavy atom. The van der Waals surface area contributed by atoms with Crippen molar-refractivity contribution in [3.05, 3.63) is 6.42 Å². The van der Waals surface area contributed by atoms with Gasteiger partial charge in [0.1, 0.15) is 0 Å². The lowest BCUT2D eigenvalue weighted by atomic mass is 9.47. The van der Waals surface area contributed by atoms with Gasteiger partial charge in [-0.2, -0.15) is 0 Å². The summed E-state index contributed by atoms with van der Waals surface area (Å²) in [5.41, 5.74) is 1.58. The van der Waals surface area contributed by atoms with Gasteiger partial charge in [-0.3, -0.25) is 0 Å². The molecule has 0 heteroatoms. The Morgan fingerprint density at radius 3 is 2.41 bits per heavy atom. The maximum absolute atomic E-state index is 2.70. The number of fused-ring (bicyclic) bond motifs is 2. The molecule has 0 bridgehead atoms. The standard InChI is InChI=1S/C22H35/c1-13-14(2)16(4)22-12-21(22)11-10-17-6-5-7-18(17)20(21)9-8-19(22)15(13)3/h6,13-20H,5,7-12H2,1-4H3. The lowest BCUT2D eigenvalue weighted by molar-refractivity contribution is -0.0972. The van der Waals surface area contributed by atoms with Crippen LogP contribution >= 0.6 is 0 Å². The average molecular weight is 300 g/mol. The summed E-state index contributed by atoms with van der Waals surface area (Å²) < 4.78 is 0. The van der Waals surface area contributed by atoms with E-state index in [0.717, 1.165) is 58.2 Å². The van der Waals surface area contributed by atoms with Gasteiger partial charge in [-0.05, 0) is 110 Å². The van der Waals surface area contributed by atoms with Gasteiger partial charge in [-0.1, -0.05) is 27.7 Å². The van der Waals surface area contributed by atoms with E-state index in [2.05, 4.69) is 34.1 Å². The molecule has 0 amide bonds. The molecule has 10 unspecified atom stereocenters. The highest BCUT2D eigenvalue weighted by molar-refractivity contribution is 5.28. The molecular formula is C22H35. The van der Waals surface area contributed by atoms with E-state index in [-0.39, 0.29) is 0 Å². The van der Waals surface area contributed by atoms with Gasteiger partial charge >= 0.3 is 0 Å².